The van der Waals surface area contributed by atoms with Crippen molar-refractivity contribution in [2.45, 2.75) is 49.0 Å². The molecule has 1 N–H and O–H groups in total. The Morgan fingerprint density at radius 3 is 2.53 bits per heavy atom. The fourth-order valence-corrected chi connectivity index (χ4v) is 4.64. The third-order valence-corrected chi connectivity index (χ3v) is 6.70. The molecule has 1 aromatic carbocycles. The summed E-state index contributed by atoms with van der Waals surface area (Å²) in [6.07, 6.45) is -1.86. The Hall–Kier alpha value is -1.97. The zero-order valence-electron chi connectivity index (χ0n) is 16.8. The van der Waals surface area contributed by atoms with E-state index in [1.54, 1.807) is 13.0 Å². The highest BCUT2D eigenvalue weighted by Gasteiger charge is 2.62. The molecule has 1 unspecified atom stereocenters. The van der Waals surface area contributed by atoms with Crippen molar-refractivity contribution in [2.24, 2.45) is 5.16 Å². The number of rotatable bonds is 6. The number of carbonyl (C=O) groups excluding carboxylic acids is 1. The number of oxime groups is 1. The highest BCUT2D eigenvalue weighted by Crippen LogP contribution is 2.49. The lowest BCUT2D eigenvalue weighted by Gasteiger charge is -2.29. The van der Waals surface area contributed by atoms with E-state index in [1.807, 2.05) is 0 Å². The molecule has 1 saturated carbocycles. The zero-order chi connectivity index (χ0) is 23.1. The van der Waals surface area contributed by atoms with Crippen molar-refractivity contribution < 1.29 is 22.8 Å². The number of carbonyl (C=O) groups is 1. The molecule has 1 atom stereocenters. The second kappa shape index (κ2) is 8.76. The van der Waals surface area contributed by atoms with Crippen molar-refractivity contribution in [2.75, 3.05) is 5.75 Å². The van der Waals surface area contributed by atoms with Gasteiger partial charge in [0.2, 0.25) is 5.91 Å². The molecular formula is C21H18Cl2F3N3O2S. The Kier molecular flexibility index (Phi) is 6.35. The largest absolute Gasteiger partial charge is 0.435 e. The summed E-state index contributed by atoms with van der Waals surface area (Å²) < 4.78 is 42.4. The van der Waals surface area contributed by atoms with Crippen molar-refractivity contribution in [3.05, 3.63) is 57.2 Å². The van der Waals surface area contributed by atoms with E-state index in [0.29, 0.717) is 10.6 Å². The normalized spacial score (nSPS) is 20.6. The summed E-state index contributed by atoms with van der Waals surface area (Å²) >= 11 is 13.1. The molecule has 0 radical (unpaired) electrons. The topological polar surface area (TPSA) is 63.6 Å². The Bertz CT molecular complexity index is 1070. The minimum absolute atomic E-state index is 0.0634. The van der Waals surface area contributed by atoms with Gasteiger partial charge in [0, 0.05) is 33.4 Å². The fourth-order valence-electron chi connectivity index (χ4n) is 3.35. The monoisotopic (exact) mass is 503 g/mol. The number of aryl methyl sites for hydroxylation is 1. The van der Waals surface area contributed by atoms with E-state index < -0.39 is 18.2 Å². The smallest absolute Gasteiger partial charge is 0.374 e. The molecule has 1 fully saturated rings. The van der Waals surface area contributed by atoms with Crippen LogP contribution in [-0.2, 0) is 15.2 Å². The van der Waals surface area contributed by atoms with Gasteiger partial charge in [0.05, 0.1) is 22.9 Å². The van der Waals surface area contributed by atoms with E-state index in [0.717, 1.165) is 18.4 Å². The first-order valence-electron chi connectivity index (χ1n) is 9.75. The van der Waals surface area contributed by atoms with Gasteiger partial charge in [-0.15, -0.1) is 0 Å². The minimum Gasteiger partial charge on any atom is -0.374 e. The SMILES string of the molecule is Cc1cc(C2=NOC(c3cc(Cl)cc(Cl)c3)(C(F)(F)F)C2)cnc1SCC(=O)NC1CC1. The standard InChI is InChI=1S/C21H18Cl2F3N3O2S/c1-11-4-12(9-27-19(11)32-10-18(30)28-16-2-3-16)17-8-20(31-29-17,21(24,25)26)13-5-14(22)7-15(23)6-13/h4-7,9,16H,2-3,8,10H2,1H3,(H,28,30). The molecule has 2 aromatic rings. The van der Waals surface area contributed by atoms with Crippen LogP contribution >= 0.6 is 35.0 Å². The van der Waals surface area contributed by atoms with Gasteiger partial charge in [-0.3, -0.25) is 4.79 Å². The van der Waals surface area contributed by atoms with Crippen LogP contribution in [0.1, 0.15) is 36.0 Å². The minimum atomic E-state index is -4.76. The lowest BCUT2D eigenvalue weighted by Crippen LogP contribution is -2.42. The number of aromatic nitrogens is 1. The molecule has 5 nitrogen and oxygen atoms in total. The first-order valence-corrected chi connectivity index (χ1v) is 11.5. The second-order valence-corrected chi connectivity index (χ2v) is 9.60. The molecule has 2 heterocycles. The first-order chi connectivity index (χ1) is 15.1. The Morgan fingerprint density at radius 2 is 1.94 bits per heavy atom. The van der Waals surface area contributed by atoms with E-state index in [2.05, 4.69) is 15.5 Å². The number of nitrogens with zero attached hydrogens (tertiary/aromatic N) is 2. The molecule has 1 aliphatic heterocycles. The number of amides is 1. The number of pyridine rings is 1. The summed E-state index contributed by atoms with van der Waals surface area (Å²) in [5, 5.41) is 7.41. The van der Waals surface area contributed by atoms with Crippen LogP contribution in [0.5, 0.6) is 0 Å². The molecular weight excluding hydrogens is 486 g/mol. The van der Waals surface area contributed by atoms with Crippen LogP contribution in [0.15, 0.2) is 40.6 Å². The van der Waals surface area contributed by atoms with E-state index in [1.165, 1.54) is 36.2 Å². The van der Waals surface area contributed by atoms with Crippen molar-refractivity contribution in [1.82, 2.24) is 10.3 Å². The summed E-state index contributed by atoms with van der Waals surface area (Å²) in [5.41, 5.74) is -1.67. The summed E-state index contributed by atoms with van der Waals surface area (Å²) in [5.74, 6) is 0.159. The summed E-state index contributed by atoms with van der Waals surface area (Å²) in [7, 11) is 0. The molecule has 0 saturated heterocycles. The lowest BCUT2D eigenvalue weighted by atomic mass is 9.86. The third kappa shape index (κ3) is 4.84. The Balaban J connectivity index is 1.53. The van der Waals surface area contributed by atoms with E-state index >= 15 is 0 Å². The maximum Gasteiger partial charge on any atom is 0.435 e. The molecule has 1 aliphatic carbocycles. The molecule has 0 spiro atoms. The Morgan fingerprint density at radius 1 is 1.25 bits per heavy atom. The van der Waals surface area contributed by atoms with Crippen LogP contribution in [0.3, 0.4) is 0 Å². The number of thioether (sulfide) groups is 1. The predicted molar refractivity (Wildman–Crippen MR) is 117 cm³/mol. The van der Waals surface area contributed by atoms with Gasteiger partial charge in [-0.05, 0) is 49.6 Å². The fraction of sp³-hybridized carbons (Fsp3) is 0.381. The lowest BCUT2D eigenvalue weighted by molar-refractivity contribution is -0.275. The van der Waals surface area contributed by atoms with Crippen molar-refractivity contribution >= 4 is 46.6 Å². The van der Waals surface area contributed by atoms with Gasteiger partial charge >= 0.3 is 6.18 Å². The maximum absolute atomic E-state index is 14.1. The van der Waals surface area contributed by atoms with Crippen molar-refractivity contribution in [3.63, 3.8) is 0 Å². The third-order valence-electron chi connectivity index (χ3n) is 5.16. The molecule has 32 heavy (non-hydrogen) atoms. The van der Waals surface area contributed by atoms with E-state index in [-0.39, 0.29) is 39.0 Å². The van der Waals surface area contributed by atoms with Gasteiger partial charge in [-0.25, -0.2) is 4.98 Å². The van der Waals surface area contributed by atoms with Crippen LogP contribution in [-0.4, -0.2) is 34.6 Å². The highest BCUT2D eigenvalue weighted by molar-refractivity contribution is 7.99. The number of benzene rings is 1. The average Bonchev–Trinajstić information content (AvgIpc) is 3.38. The molecule has 0 bridgehead atoms. The number of hydrogen-bond donors (Lipinski definition) is 1. The van der Waals surface area contributed by atoms with Gasteiger partial charge in [0.25, 0.3) is 5.60 Å². The van der Waals surface area contributed by atoms with Crippen LogP contribution in [0.4, 0.5) is 13.2 Å². The van der Waals surface area contributed by atoms with Crippen LogP contribution in [0.25, 0.3) is 0 Å². The first kappa shape index (κ1) is 23.2. The predicted octanol–water partition coefficient (Wildman–Crippen LogP) is 5.65. The second-order valence-electron chi connectivity index (χ2n) is 7.77. The molecule has 1 amide bonds. The van der Waals surface area contributed by atoms with Crippen molar-refractivity contribution in [3.8, 4) is 0 Å². The average molecular weight is 504 g/mol. The van der Waals surface area contributed by atoms with Crippen LogP contribution in [0.2, 0.25) is 10.0 Å². The Labute approximate surface area is 196 Å². The molecule has 170 valence electrons. The molecule has 2 aliphatic rings. The number of hydrogen-bond acceptors (Lipinski definition) is 5. The van der Waals surface area contributed by atoms with Gasteiger partial charge in [0.1, 0.15) is 0 Å². The number of nitrogens with one attached hydrogen (secondary N) is 1. The zero-order valence-corrected chi connectivity index (χ0v) is 19.1. The number of alkyl halides is 3. The quantitative estimate of drug-likeness (QED) is 0.517. The van der Waals surface area contributed by atoms with Gasteiger partial charge in [-0.2, -0.15) is 13.2 Å². The van der Waals surface area contributed by atoms with Gasteiger partial charge < -0.3 is 10.2 Å². The van der Waals surface area contributed by atoms with Crippen LogP contribution < -0.4 is 5.32 Å². The summed E-state index contributed by atoms with van der Waals surface area (Å²) in [6, 6.07) is 5.67. The summed E-state index contributed by atoms with van der Waals surface area (Å²) in [6.45, 7) is 1.78. The van der Waals surface area contributed by atoms with Gasteiger partial charge in [-0.1, -0.05) is 40.1 Å². The molecule has 1 aromatic heterocycles. The summed E-state index contributed by atoms with van der Waals surface area (Å²) in [4.78, 5) is 21.2. The van der Waals surface area contributed by atoms with E-state index in [9.17, 15) is 18.0 Å². The van der Waals surface area contributed by atoms with Crippen molar-refractivity contribution in [1.29, 1.82) is 0 Å². The molecule has 11 heteroatoms. The maximum atomic E-state index is 14.1. The highest BCUT2D eigenvalue weighted by atomic mass is 35.5. The number of halogens is 5. The van der Waals surface area contributed by atoms with Gasteiger partial charge in [0.15, 0.2) is 0 Å². The molecule has 4 rings (SSSR count). The van der Waals surface area contributed by atoms with E-state index in [4.69, 9.17) is 28.0 Å². The van der Waals surface area contributed by atoms with Crippen LogP contribution in [0, 0.1) is 6.92 Å².